The van der Waals surface area contributed by atoms with E-state index in [9.17, 15) is 21.6 Å². The lowest BCUT2D eigenvalue weighted by Gasteiger charge is -2.16. The van der Waals surface area contributed by atoms with Gasteiger partial charge in [-0.05, 0) is 24.6 Å². The Balaban J connectivity index is 2.35. The Bertz CT molecular complexity index is 772. The highest BCUT2D eigenvalue weighted by Gasteiger charge is 2.36. The maximum Gasteiger partial charge on any atom is 0.307 e. The van der Waals surface area contributed by atoms with Gasteiger partial charge in [-0.2, -0.15) is 4.31 Å². The molecule has 3 N–H and O–H groups in total. The molecule has 0 saturated carbocycles. The highest BCUT2D eigenvalue weighted by atomic mass is 32.2. The Morgan fingerprint density at radius 2 is 1.86 bits per heavy atom. The summed E-state index contributed by atoms with van der Waals surface area (Å²) in [7, 11) is -7.95. The van der Waals surface area contributed by atoms with Crippen molar-refractivity contribution in [3.05, 3.63) is 24.3 Å². The summed E-state index contributed by atoms with van der Waals surface area (Å²) in [6, 6.07) is 4.69. The molecule has 1 unspecified atom stereocenters. The van der Waals surface area contributed by atoms with Gasteiger partial charge in [0.2, 0.25) is 20.0 Å². The Morgan fingerprint density at radius 3 is 2.38 bits per heavy atom. The molecule has 1 saturated heterocycles. The largest absolute Gasteiger partial charge is 0.481 e. The number of nitrogens with two attached hydrogens (primary N) is 1. The summed E-state index contributed by atoms with van der Waals surface area (Å²) in [6.45, 7) is -0.0455. The number of carbonyl (C=O) groups is 1. The lowest BCUT2D eigenvalue weighted by molar-refractivity contribution is -0.141. The fourth-order valence-electron chi connectivity index (χ4n) is 2.11. The minimum Gasteiger partial charge on any atom is -0.481 e. The molecule has 1 aromatic rings. The summed E-state index contributed by atoms with van der Waals surface area (Å²) >= 11 is 0. The van der Waals surface area contributed by atoms with Gasteiger partial charge in [0, 0.05) is 13.1 Å². The molecular weight excluding hydrogens is 320 g/mol. The van der Waals surface area contributed by atoms with E-state index >= 15 is 0 Å². The van der Waals surface area contributed by atoms with Crippen LogP contribution in [-0.4, -0.2) is 45.3 Å². The minimum absolute atomic E-state index is 0.0822. The molecule has 1 fully saturated rings. The van der Waals surface area contributed by atoms with E-state index in [2.05, 4.69) is 0 Å². The van der Waals surface area contributed by atoms with E-state index in [1.807, 2.05) is 0 Å². The van der Waals surface area contributed by atoms with Crippen molar-refractivity contribution < 1.29 is 26.7 Å². The molecule has 0 aromatic heterocycles. The SMILES string of the molecule is NS(=O)(=O)c1cccc(S(=O)(=O)N2CCC(C(=O)O)C2)c1. The molecule has 1 aliphatic rings. The summed E-state index contributed by atoms with van der Waals surface area (Å²) in [5, 5.41) is 13.9. The fourth-order valence-corrected chi connectivity index (χ4v) is 4.29. The minimum atomic E-state index is -4.01. The molecule has 8 nitrogen and oxygen atoms in total. The summed E-state index contributed by atoms with van der Waals surface area (Å²) in [6.07, 6.45) is 0.226. The summed E-state index contributed by atoms with van der Waals surface area (Å²) in [4.78, 5) is 10.3. The molecule has 21 heavy (non-hydrogen) atoms. The van der Waals surface area contributed by atoms with Gasteiger partial charge in [0.15, 0.2) is 0 Å². The van der Waals surface area contributed by atoms with Gasteiger partial charge in [0.25, 0.3) is 0 Å². The van der Waals surface area contributed by atoms with E-state index in [4.69, 9.17) is 10.2 Å². The Morgan fingerprint density at radius 1 is 1.24 bits per heavy atom. The molecule has 2 rings (SSSR count). The van der Waals surface area contributed by atoms with Crippen LogP contribution in [0.2, 0.25) is 0 Å². The van der Waals surface area contributed by atoms with Gasteiger partial charge < -0.3 is 5.11 Å². The molecule has 0 spiro atoms. The number of primary sulfonamides is 1. The van der Waals surface area contributed by atoms with Gasteiger partial charge in [0.1, 0.15) is 0 Å². The Kier molecular flexibility index (Phi) is 4.06. The molecule has 1 heterocycles. The van der Waals surface area contributed by atoms with Gasteiger partial charge in [-0.15, -0.1) is 0 Å². The van der Waals surface area contributed by atoms with Crippen LogP contribution in [-0.2, 0) is 24.8 Å². The molecule has 1 aliphatic heterocycles. The average molecular weight is 334 g/mol. The third kappa shape index (κ3) is 3.23. The molecule has 1 atom stereocenters. The quantitative estimate of drug-likeness (QED) is 0.757. The third-order valence-electron chi connectivity index (χ3n) is 3.27. The number of carboxylic acids is 1. The Hall–Kier alpha value is -1.49. The molecule has 0 amide bonds. The highest BCUT2D eigenvalue weighted by molar-refractivity contribution is 7.90. The van der Waals surface area contributed by atoms with Crippen molar-refractivity contribution in [2.24, 2.45) is 11.1 Å². The second kappa shape index (κ2) is 5.37. The standard InChI is InChI=1S/C11H14N2O6S2/c12-20(16,17)9-2-1-3-10(6-9)21(18,19)13-5-4-8(7-13)11(14)15/h1-3,6,8H,4-5,7H2,(H,14,15)(H2,12,16,17). The van der Waals surface area contributed by atoms with E-state index in [-0.39, 0.29) is 29.3 Å². The normalized spacial score (nSPS) is 20.5. The second-order valence-electron chi connectivity index (χ2n) is 4.71. The van der Waals surface area contributed by atoms with Crippen molar-refractivity contribution in [1.82, 2.24) is 4.31 Å². The third-order valence-corrected chi connectivity index (χ3v) is 6.04. The molecule has 116 valence electrons. The first kappa shape index (κ1) is 15.9. The Labute approximate surface area is 122 Å². The van der Waals surface area contributed by atoms with Gasteiger partial charge in [-0.25, -0.2) is 22.0 Å². The van der Waals surface area contributed by atoms with E-state index in [0.717, 1.165) is 10.4 Å². The van der Waals surface area contributed by atoms with Crippen molar-refractivity contribution in [2.45, 2.75) is 16.2 Å². The van der Waals surface area contributed by atoms with Crippen LogP contribution in [0.3, 0.4) is 0 Å². The zero-order valence-corrected chi connectivity index (χ0v) is 12.5. The van der Waals surface area contributed by atoms with Gasteiger partial charge in [-0.1, -0.05) is 6.07 Å². The van der Waals surface area contributed by atoms with Crippen molar-refractivity contribution in [1.29, 1.82) is 0 Å². The van der Waals surface area contributed by atoms with E-state index in [1.54, 1.807) is 0 Å². The van der Waals surface area contributed by atoms with Crippen molar-refractivity contribution >= 4 is 26.0 Å². The van der Waals surface area contributed by atoms with E-state index < -0.39 is 31.9 Å². The van der Waals surface area contributed by atoms with Crippen LogP contribution in [0.4, 0.5) is 0 Å². The predicted octanol–water partition coefficient (Wildman–Crippen LogP) is -0.571. The molecule has 0 radical (unpaired) electrons. The molecular formula is C11H14N2O6S2. The van der Waals surface area contributed by atoms with E-state index in [1.165, 1.54) is 18.2 Å². The van der Waals surface area contributed by atoms with Crippen LogP contribution in [0.5, 0.6) is 0 Å². The molecule has 10 heteroatoms. The first-order valence-electron chi connectivity index (χ1n) is 5.98. The maximum atomic E-state index is 12.4. The number of rotatable bonds is 4. The van der Waals surface area contributed by atoms with Crippen molar-refractivity contribution in [2.75, 3.05) is 13.1 Å². The summed E-state index contributed by atoms with van der Waals surface area (Å²) < 4.78 is 48.3. The zero-order valence-electron chi connectivity index (χ0n) is 10.8. The zero-order chi connectivity index (χ0) is 15.8. The summed E-state index contributed by atoms with van der Waals surface area (Å²) in [5.41, 5.74) is 0. The van der Waals surface area contributed by atoms with Crippen LogP contribution in [0, 0.1) is 5.92 Å². The maximum absolute atomic E-state index is 12.4. The van der Waals surface area contributed by atoms with Crippen molar-refractivity contribution in [3.63, 3.8) is 0 Å². The topological polar surface area (TPSA) is 135 Å². The highest BCUT2D eigenvalue weighted by Crippen LogP contribution is 2.25. The van der Waals surface area contributed by atoms with Gasteiger partial charge >= 0.3 is 5.97 Å². The molecule has 0 bridgehead atoms. The van der Waals surface area contributed by atoms with Crippen LogP contribution >= 0.6 is 0 Å². The second-order valence-corrected chi connectivity index (χ2v) is 8.21. The lowest BCUT2D eigenvalue weighted by atomic mass is 10.1. The number of carboxylic acid groups (broad SMARTS) is 1. The summed E-state index contributed by atoms with van der Waals surface area (Å²) in [5.74, 6) is -1.80. The number of hydrogen-bond donors (Lipinski definition) is 2. The van der Waals surface area contributed by atoms with Crippen LogP contribution < -0.4 is 5.14 Å². The smallest absolute Gasteiger partial charge is 0.307 e. The van der Waals surface area contributed by atoms with Gasteiger partial charge in [-0.3, -0.25) is 4.79 Å². The molecule has 1 aromatic carbocycles. The van der Waals surface area contributed by atoms with E-state index in [0.29, 0.717) is 0 Å². The number of benzene rings is 1. The number of aliphatic carboxylic acids is 1. The fraction of sp³-hybridized carbons (Fsp3) is 0.364. The van der Waals surface area contributed by atoms with Crippen molar-refractivity contribution in [3.8, 4) is 0 Å². The predicted molar refractivity (Wildman–Crippen MR) is 72.3 cm³/mol. The van der Waals surface area contributed by atoms with Crippen LogP contribution in [0.1, 0.15) is 6.42 Å². The number of hydrogen-bond acceptors (Lipinski definition) is 5. The first-order chi connectivity index (χ1) is 9.62. The number of sulfonamides is 2. The van der Waals surface area contributed by atoms with Crippen LogP contribution in [0.25, 0.3) is 0 Å². The molecule has 0 aliphatic carbocycles. The monoisotopic (exact) mass is 334 g/mol. The lowest BCUT2D eigenvalue weighted by Crippen LogP contribution is -2.30. The average Bonchev–Trinajstić information content (AvgIpc) is 2.88. The first-order valence-corrected chi connectivity index (χ1v) is 8.97. The number of nitrogens with zero attached hydrogens (tertiary/aromatic N) is 1. The van der Waals surface area contributed by atoms with Crippen LogP contribution in [0.15, 0.2) is 34.1 Å². The van der Waals surface area contributed by atoms with Gasteiger partial charge in [0.05, 0.1) is 15.7 Å².